The molecule has 0 aliphatic rings. The fourth-order valence-electron chi connectivity index (χ4n) is 1.25. The first kappa shape index (κ1) is 10.7. The summed E-state index contributed by atoms with van der Waals surface area (Å²) >= 11 is 0. The molecule has 76 valence electrons. The highest BCUT2D eigenvalue weighted by atomic mass is 16.4. The molecule has 0 aliphatic carbocycles. The van der Waals surface area contributed by atoms with Crippen LogP contribution in [0.4, 0.5) is 0 Å². The van der Waals surface area contributed by atoms with Gasteiger partial charge in [-0.15, -0.1) is 5.16 Å². The maximum absolute atomic E-state index is 10.0. The lowest BCUT2D eigenvalue weighted by molar-refractivity contribution is 0.0657. The van der Waals surface area contributed by atoms with Gasteiger partial charge in [0.2, 0.25) is 0 Å². The average molecular weight is 193 g/mol. The molecule has 0 saturated carbocycles. The molecule has 1 unspecified atom stereocenters. The molecule has 1 atom stereocenters. The van der Waals surface area contributed by atoms with E-state index in [2.05, 4.69) is 5.16 Å². The summed E-state index contributed by atoms with van der Waals surface area (Å²) in [6.07, 6.45) is 1.59. The zero-order valence-electron chi connectivity index (χ0n) is 8.44. The first-order valence-electron chi connectivity index (χ1n) is 4.51. The summed E-state index contributed by atoms with van der Waals surface area (Å²) < 4.78 is 0. The number of aliphatic hydroxyl groups is 1. The van der Waals surface area contributed by atoms with E-state index < -0.39 is 5.60 Å². The monoisotopic (exact) mass is 193 g/mol. The van der Waals surface area contributed by atoms with Crippen molar-refractivity contribution < 1.29 is 10.3 Å². The highest BCUT2D eigenvalue weighted by Crippen LogP contribution is 2.23. The van der Waals surface area contributed by atoms with Crippen molar-refractivity contribution in [3.63, 3.8) is 0 Å². The van der Waals surface area contributed by atoms with Gasteiger partial charge in [-0.05, 0) is 19.4 Å². The molecule has 0 aromatic heterocycles. The van der Waals surface area contributed by atoms with Gasteiger partial charge in [-0.25, -0.2) is 0 Å². The van der Waals surface area contributed by atoms with Crippen LogP contribution in [-0.4, -0.2) is 16.5 Å². The number of rotatable bonds is 3. The molecule has 1 aromatic rings. The van der Waals surface area contributed by atoms with Gasteiger partial charge in [-0.3, -0.25) is 0 Å². The molecule has 2 N–H and O–H groups in total. The third-order valence-corrected chi connectivity index (χ3v) is 2.24. The Morgan fingerprint density at radius 1 is 1.36 bits per heavy atom. The van der Waals surface area contributed by atoms with Crippen molar-refractivity contribution in [3.8, 4) is 0 Å². The van der Waals surface area contributed by atoms with Crippen molar-refractivity contribution in [2.75, 3.05) is 0 Å². The lowest BCUT2D eigenvalue weighted by Crippen LogP contribution is -2.21. The summed E-state index contributed by atoms with van der Waals surface area (Å²) in [5.41, 5.74) is 1.00. The second-order valence-electron chi connectivity index (χ2n) is 3.64. The van der Waals surface area contributed by atoms with Crippen LogP contribution in [0.1, 0.15) is 24.5 Å². The summed E-state index contributed by atoms with van der Waals surface area (Å²) in [7, 11) is 0. The molecule has 0 fully saturated rings. The number of nitrogens with zero attached hydrogens (tertiary/aromatic N) is 1. The Kier molecular flexibility index (Phi) is 3.25. The number of oxime groups is 1. The van der Waals surface area contributed by atoms with E-state index in [1.54, 1.807) is 6.92 Å². The third-order valence-electron chi connectivity index (χ3n) is 2.24. The molecule has 3 heteroatoms. The van der Waals surface area contributed by atoms with Crippen LogP contribution < -0.4 is 0 Å². The molecule has 3 nitrogen and oxygen atoms in total. The lowest BCUT2D eigenvalue weighted by atomic mass is 9.92. The van der Waals surface area contributed by atoms with E-state index in [4.69, 9.17) is 5.21 Å². The molecular weight excluding hydrogens is 178 g/mol. The molecule has 0 saturated heterocycles. The zero-order valence-corrected chi connectivity index (χ0v) is 8.44. The van der Waals surface area contributed by atoms with Crippen molar-refractivity contribution in [1.82, 2.24) is 0 Å². The Hall–Kier alpha value is -1.35. The van der Waals surface area contributed by atoms with Crippen molar-refractivity contribution in [2.45, 2.75) is 25.9 Å². The van der Waals surface area contributed by atoms with Crippen LogP contribution in [0.15, 0.2) is 29.4 Å². The summed E-state index contributed by atoms with van der Waals surface area (Å²) in [5.74, 6) is 0. The van der Waals surface area contributed by atoms with Crippen molar-refractivity contribution >= 4 is 6.21 Å². The Balaban J connectivity index is 2.86. The Labute approximate surface area is 83.7 Å². The van der Waals surface area contributed by atoms with Gasteiger partial charge in [0.25, 0.3) is 0 Å². The van der Waals surface area contributed by atoms with E-state index in [1.807, 2.05) is 31.2 Å². The fourth-order valence-corrected chi connectivity index (χ4v) is 1.25. The SMILES string of the molecule is Cc1ccc(C(C)(O)CC=NO)cc1. The normalized spacial score (nSPS) is 15.6. The van der Waals surface area contributed by atoms with E-state index in [1.165, 1.54) is 6.21 Å². The Morgan fingerprint density at radius 3 is 2.43 bits per heavy atom. The molecule has 0 radical (unpaired) electrons. The Morgan fingerprint density at radius 2 is 1.93 bits per heavy atom. The first-order chi connectivity index (χ1) is 6.56. The molecule has 1 aromatic carbocycles. The topological polar surface area (TPSA) is 52.8 Å². The van der Waals surface area contributed by atoms with E-state index in [0.29, 0.717) is 6.42 Å². The quantitative estimate of drug-likeness (QED) is 0.438. The molecular formula is C11H15NO2. The van der Waals surface area contributed by atoms with E-state index in [9.17, 15) is 5.11 Å². The van der Waals surface area contributed by atoms with Gasteiger partial charge in [0.15, 0.2) is 0 Å². The summed E-state index contributed by atoms with van der Waals surface area (Å²) in [6.45, 7) is 3.69. The average Bonchev–Trinajstić information content (AvgIpc) is 2.16. The number of hydrogen-bond acceptors (Lipinski definition) is 3. The van der Waals surface area contributed by atoms with Crippen molar-refractivity contribution in [2.24, 2.45) is 5.16 Å². The maximum atomic E-state index is 10.0. The van der Waals surface area contributed by atoms with Gasteiger partial charge in [-0.2, -0.15) is 0 Å². The second kappa shape index (κ2) is 4.24. The van der Waals surface area contributed by atoms with Crippen LogP contribution in [-0.2, 0) is 5.60 Å². The van der Waals surface area contributed by atoms with Crippen LogP contribution in [0, 0.1) is 6.92 Å². The molecule has 0 aliphatic heterocycles. The molecule has 0 amide bonds. The van der Waals surface area contributed by atoms with Crippen LogP contribution in [0.5, 0.6) is 0 Å². The largest absolute Gasteiger partial charge is 0.411 e. The highest BCUT2D eigenvalue weighted by molar-refractivity contribution is 5.58. The third kappa shape index (κ3) is 2.57. The minimum atomic E-state index is -0.972. The van der Waals surface area contributed by atoms with Crippen LogP contribution in [0.2, 0.25) is 0 Å². The molecule has 0 spiro atoms. The fraction of sp³-hybridized carbons (Fsp3) is 0.364. The lowest BCUT2D eigenvalue weighted by Gasteiger charge is -2.21. The summed E-state index contributed by atoms with van der Waals surface area (Å²) in [4.78, 5) is 0. The molecule has 14 heavy (non-hydrogen) atoms. The van der Waals surface area contributed by atoms with Gasteiger partial charge < -0.3 is 10.3 Å². The second-order valence-corrected chi connectivity index (χ2v) is 3.64. The predicted octanol–water partition coefficient (Wildman–Crippen LogP) is 2.05. The van der Waals surface area contributed by atoms with Crippen LogP contribution >= 0.6 is 0 Å². The van der Waals surface area contributed by atoms with E-state index in [-0.39, 0.29) is 0 Å². The smallest absolute Gasteiger partial charge is 0.0919 e. The maximum Gasteiger partial charge on any atom is 0.0919 e. The standard InChI is InChI=1S/C11H15NO2/c1-9-3-5-10(6-4-9)11(2,13)7-8-12-14/h3-6,8,13-14H,7H2,1-2H3. The van der Waals surface area contributed by atoms with E-state index >= 15 is 0 Å². The van der Waals surface area contributed by atoms with Crippen molar-refractivity contribution in [1.29, 1.82) is 0 Å². The summed E-state index contributed by atoms with van der Waals surface area (Å²) in [6, 6.07) is 7.64. The van der Waals surface area contributed by atoms with Gasteiger partial charge in [0.1, 0.15) is 0 Å². The van der Waals surface area contributed by atoms with Gasteiger partial charge in [0.05, 0.1) is 5.60 Å². The van der Waals surface area contributed by atoms with Crippen molar-refractivity contribution in [3.05, 3.63) is 35.4 Å². The Bertz CT molecular complexity index is 315. The number of hydrogen-bond donors (Lipinski definition) is 2. The van der Waals surface area contributed by atoms with Crippen LogP contribution in [0.3, 0.4) is 0 Å². The number of benzene rings is 1. The van der Waals surface area contributed by atoms with Gasteiger partial charge in [0, 0.05) is 12.6 Å². The minimum Gasteiger partial charge on any atom is -0.411 e. The molecule has 0 bridgehead atoms. The minimum absolute atomic E-state index is 0.298. The molecule has 1 rings (SSSR count). The predicted molar refractivity (Wildman–Crippen MR) is 55.6 cm³/mol. The van der Waals surface area contributed by atoms with Gasteiger partial charge in [-0.1, -0.05) is 29.8 Å². The number of aryl methyl sites for hydroxylation is 1. The first-order valence-corrected chi connectivity index (χ1v) is 4.51. The van der Waals surface area contributed by atoms with Gasteiger partial charge >= 0.3 is 0 Å². The summed E-state index contributed by atoms with van der Waals surface area (Å²) in [5, 5.41) is 21.2. The van der Waals surface area contributed by atoms with Crippen LogP contribution in [0.25, 0.3) is 0 Å². The molecule has 0 heterocycles. The zero-order chi connectivity index (χ0) is 10.6. The highest BCUT2D eigenvalue weighted by Gasteiger charge is 2.21. The van der Waals surface area contributed by atoms with E-state index in [0.717, 1.165) is 11.1 Å².